The van der Waals surface area contributed by atoms with Gasteiger partial charge in [-0.3, -0.25) is 14.6 Å². The minimum Gasteiger partial charge on any atom is -0.466 e. The van der Waals surface area contributed by atoms with Gasteiger partial charge in [0.1, 0.15) is 5.82 Å². The quantitative estimate of drug-likeness (QED) is 0.0557. The van der Waals surface area contributed by atoms with E-state index < -0.39 is 28.7 Å². The zero-order valence-electron chi connectivity index (χ0n) is 22.0. The first-order valence-corrected chi connectivity index (χ1v) is 12.4. The number of hydrogen-bond acceptors (Lipinski definition) is 9. The normalized spacial score (nSPS) is 25.3. The van der Waals surface area contributed by atoms with Crippen LogP contribution in [0.2, 0.25) is 0 Å². The van der Waals surface area contributed by atoms with Crippen LogP contribution in [0, 0.1) is 0 Å². The Balaban J connectivity index is 1.60. The molecule has 1 aliphatic carbocycles. The van der Waals surface area contributed by atoms with Crippen molar-refractivity contribution in [2.75, 3.05) is 34.4 Å². The molecule has 3 unspecified atom stereocenters. The number of carbonyl (C=O) groups is 3. The molecule has 1 aromatic rings. The number of epoxide rings is 1. The molecule has 1 aromatic carbocycles. The van der Waals surface area contributed by atoms with E-state index in [1.807, 2.05) is 26.1 Å². The summed E-state index contributed by atoms with van der Waals surface area (Å²) in [7, 11) is 4.64. The highest BCUT2D eigenvalue weighted by Gasteiger charge is 2.85. The van der Waals surface area contributed by atoms with Crippen molar-refractivity contribution < 1.29 is 23.9 Å². The van der Waals surface area contributed by atoms with Crippen molar-refractivity contribution in [3.05, 3.63) is 70.6 Å². The molecule has 6 N–H and O–H groups in total. The Morgan fingerprint density at radius 3 is 2.66 bits per heavy atom. The second-order valence-electron chi connectivity index (χ2n) is 9.42. The summed E-state index contributed by atoms with van der Waals surface area (Å²) in [6.07, 6.45) is 6.47. The van der Waals surface area contributed by atoms with Gasteiger partial charge in [0, 0.05) is 31.1 Å². The molecule has 3 aliphatic rings. The van der Waals surface area contributed by atoms with Gasteiger partial charge in [-0.05, 0) is 32.0 Å². The van der Waals surface area contributed by atoms with Gasteiger partial charge in [0.15, 0.2) is 17.3 Å². The van der Waals surface area contributed by atoms with E-state index in [0.717, 1.165) is 17.0 Å². The number of hydrogen-bond donors (Lipinski definition) is 5. The van der Waals surface area contributed by atoms with Gasteiger partial charge < -0.3 is 36.5 Å². The zero-order chi connectivity index (χ0) is 27.5. The molecule has 0 spiro atoms. The van der Waals surface area contributed by atoms with Gasteiger partial charge in [-0.1, -0.05) is 42.0 Å². The van der Waals surface area contributed by atoms with Gasteiger partial charge in [-0.2, -0.15) is 0 Å². The smallest absolute Gasteiger partial charge is 0.350 e. The molecule has 0 bridgehead atoms. The number of esters is 1. The molecular weight excluding hydrogens is 488 g/mol. The van der Waals surface area contributed by atoms with E-state index in [-0.39, 0.29) is 23.6 Å². The number of nitrogens with two attached hydrogens (primary N) is 1. The highest BCUT2D eigenvalue weighted by atomic mass is 16.7. The Morgan fingerprint density at radius 2 is 2.00 bits per heavy atom. The standard InChI is InChI=1S/C27H34N6O5/c1-16(13-20(33-25(28)30-3)17-10-12-31-21(14-17)32-15-29-2)9-11-26-22(34)18-7-5-6-8-19(18)23(35)27(26,38-26)24(36)37-4/h5-10,14,20,29,31-32H,11-13,15H2,1-4H3,(H3,28,30,33). The molecule has 2 aliphatic heterocycles. The largest absolute Gasteiger partial charge is 0.466 e. The average molecular weight is 523 g/mol. The van der Waals surface area contributed by atoms with Crippen LogP contribution in [-0.4, -0.2) is 75.2 Å². The van der Waals surface area contributed by atoms with Crippen LogP contribution < -0.4 is 27.0 Å². The van der Waals surface area contributed by atoms with E-state index >= 15 is 0 Å². The van der Waals surface area contributed by atoms with E-state index in [4.69, 9.17) is 15.2 Å². The molecule has 0 aromatic heterocycles. The Bertz CT molecular complexity index is 1270. The number of nitrogens with zero attached hydrogens (tertiary/aromatic N) is 1. The molecule has 1 fully saturated rings. The number of ether oxygens (including phenoxy) is 2. The number of Topliss-reactive ketones (excluding diaryl/α,β-unsaturated/α-hetero) is 2. The first-order chi connectivity index (χ1) is 18.2. The van der Waals surface area contributed by atoms with Gasteiger partial charge in [-0.25, -0.2) is 4.79 Å². The van der Waals surface area contributed by atoms with Gasteiger partial charge in [-0.15, -0.1) is 0 Å². The van der Waals surface area contributed by atoms with Crippen molar-refractivity contribution in [3.63, 3.8) is 0 Å². The molecule has 202 valence electrons. The number of carbonyl (C=O) groups excluding carboxylic acids is 3. The van der Waals surface area contributed by atoms with E-state index in [1.165, 1.54) is 13.2 Å². The lowest BCUT2D eigenvalue weighted by atomic mass is 9.72. The lowest BCUT2D eigenvalue weighted by Gasteiger charge is -2.26. The summed E-state index contributed by atoms with van der Waals surface area (Å²) in [6.45, 7) is 3.15. The van der Waals surface area contributed by atoms with Crippen LogP contribution in [0.4, 0.5) is 0 Å². The molecule has 0 amide bonds. The molecule has 4 rings (SSSR count). The maximum atomic E-state index is 13.5. The summed E-state index contributed by atoms with van der Waals surface area (Å²) in [4.78, 5) is 43.7. The third-order valence-electron chi connectivity index (χ3n) is 7.06. The lowest BCUT2D eigenvalue weighted by Crippen LogP contribution is -2.50. The molecule has 2 heterocycles. The fraction of sp³-hybridized carbons (Fsp3) is 0.407. The number of fused-ring (bicyclic) bond motifs is 2. The molecular formula is C27H34N6O5. The predicted molar refractivity (Wildman–Crippen MR) is 142 cm³/mol. The number of guanidine groups is 1. The van der Waals surface area contributed by atoms with Gasteiger partial charge in [0.2, 0.25) is 5.78 Å². The predicted octanol–water partition coefficient (Wildman–Crippen LogP) is 0.513. The maximum absolute atomic E-state index is 13.5. The average Bonchev–Trinajstić information content (AvgIpc) is 3.65. The number of aliphatic imine (C=N–C) groups is 1. The fourth-order valence-electron chi connectivity index (χ4n) is 4.99. The number of methoxy groups -OCH3 is 1. The molecule has 38 heavy (non-hydrogen) atoms. The summed E-state index contributed by atoms with van der Waals surface area (Å²) in [5.74, 6) is -0.657. The highest BCUT2D eigenvalue weighted by molar-refractivity contribution is 6.32. The van der Waals surface area contributed by atoms with Crippen molar-refractivity contribution in [1.82, 2.24) is 21.3 Å². The maximum Gasteiger partial charge on any atom is 0.350 e. The van der Waals surface area contributed by atoms with Crippen LogP contribution in [0.15, 0.2) is 64.5 Å². The van der Waals surface area contributed by atoms with Crippen LogP contribution >= 0.6 is 0 Å². The second kappa shape index (κ2) is 10.8. The van der Waals surface area contributed by atoms with Gasteiger partial charge in [0.25, 0.3) is 5.60 Å². The van der Waals surface area contributed by atoms with Gasteiger partial charge in [0.05, 0.1) is 19.8 Å². The van der Waals surface area contributed by atoms with Crippen molar-refractivity contribution in [3.8, 4) is 0 Å². The first-order valence-electron chi connectivity index (χ1n) is 12.4. The Morgan fingerprint density at radius 1 is 1.29 bits per heavy atom. The number of rotatable bonds is 10. The fourth-order valence-corrected chi connectivity index (χ4v) is 4.99. The minimum atomic E-state index is -1.96. The Hall–Kier alpha value is -3.96. The van der Waals surface area contributed by atoms with Crippen LogP contribution in [0.5, 0.6) is 0 Å². The third kappa shape index (κ3) is 4.59. The molecule has 3 atom stereocenters. The third-order valence-corrected chi connectivity index (χ3v) is 7.06. The van der Waals surface area contributed by atoms with E-state index in [9.17, 15) is 14.4 Å². The van der Waals surface area contributed by atoms with Crippen LogP contribution in [0.3, 0.4) is 0 Å². The molecule has 0 radical (unpaired) electrons. The summed E-state index contributed by atoms with van der Waals surface area (Å²) >= 11 is 0. The van der Waals surface area contributed by atoms with Gasteiger partial charge >= 0.3 is 5.97 Å². The van der Waals surface area contributed by atoms with Crippen molar-refractivity contribution >= 4 is 23.5 Å². The topological polar surface area (TPSA) is 159 Å². The lowest BCUT2D eigenvalue weighted by molar-refractivity contribution is -0.145. The Labute approximate surface area is 221 Å². The van der Waals surface area contributed by atoms with Crippen LogP contribution in [0.25, 0.3) is 0 Å². The number of nitrogens with one attached hydrogen (secondary N) is 4. The molecule has 1 saturated heterocycles. The summed E-state index contributed by atoms with van der Waals surface area (Å²) in [6, 6.07) is 6.23. The molecule has 11 heteroatoms. The first kappa shape index (κ1) is 27.1. The van der Waals surface area contributed by atoms with Crippen LogP contribution in [-0.2, 0) is 14.3 Å². The van der Waals surface area contributed by atoms with Crippen molar-refractivity contribution in [1.29, 1.82) is 0 Å². The second-order valence-corrected chi connectivity index (χ2v) is 9.42. The Kier molecular flexibility index (Phi) is 7.70. The molecule has 0 saturated carbocycles. The molecule has 11 nitrogen and oxygen atoms in total. The minimum absolute atomic E-state index is 0.0440. The van der Waals surface area contributed by atoms with E-state index in [0.29, 0.717) is 25.6 Å². The van der Waals surface area contributed by atoms with E-state index in [2.05, 4.69) is 32.3 Å². The van der Waals surface area contributed by atoms with Crippen molar-refractivity contribution in [2.24, 2.45) is 10.7 Å². The zero-order valence-corrected chi connectivity index (χ0v) is 22.0. The monoisotopic (exact) mass is 522 g/mol. The summed E-state index contributed by atoms with van der Waals surface area (Å²) < 4.78 is 10.7. The number of ketones is 2. The highest BCUT2D eigenvalue weighted by Crippen LogP contribution is 2.58. The van der Waals surface area contributed by atoms with E-state index in [1.54, 1.807) is 25.2 Å². The van der Waals surface area contributed by atoms with Crippen LogP contribution in [0.1, 0.15) is 40.5 Å². The van der Waals surface area contributed by atoms with Crippen molar-refractivity contribution in [2.45, 2.75) is 37.0 Å². The number of benzene rings is 1. The SMILES string of the molecule is CN=C(N)NC(CC(C)=CCC12OC1(C(=O)OC)C(=O)c1ccccc1C2=O)C1=CCNC(NCNC)=C1. The number of dihydropyridines is 1. The summed E-state index contributed by atoms with van der Waals surface area (Å²) in [5, 5.41) is 12.8. The summed E-state index contributed by atoms with van der Waals surface area (Å²) in [5.41, 5.74) is 4.75.